The topological polar surface area (TPSA) is 110 Å². The van der Waals surface area contributed by atoms with E-state index in [1.165, 1.54) is 22.7 Å². The Morgan fingerprint density at radius 1 is 0.750 bits per heavy atom. The molecule has 10 heteroatoms. The first-order valence-electron chi connectivity index (χ1n) is 11.9. The van der Waals surface area contributed by atoms with E-state index in [1.807, 2.05) is 60.7 Å². The summed E-state index contributed by atoms with van der Waals surface area (Å²) in [5.41, 5.74) is 1.93. The number of anilines is 2. The molecule has 1 unspecified atom stereocenters. The highest BCUT2D eigenvalue weighted by atomic mass is 32.1. The molecule has 1 saturated carbocycles. The van der Waals surface area contributed by atoms with Crippen molar-refractivity contribution < 1.29 is 9.59 Å². The monoisotopic (exact) mass is 518 g/mol. The largest absolute Gasteiger partial charge is 0.300 e. The molecule has 2 N–H and O–H groups in total. The van der Waals surface area contributed by atoms with Crippen LogP contribution in [0.15, 0.2) is 60.7 Å². The Hall–Kier alpha value is -3.50. The van der Waals surface area contributed by atoms with E-state index in [0.717, 1.165) is 46.8 Å². The maximum atomic E-state index is 12.3. The molecule has 0 radical (unpaired) electrons. The van der Waals surface area contributed by atoms with E-state index in [-0.39, 0.29) is 11.8 Å². The van der Waals surface area contributed by atoms with Gasteiger partial charge < -0.3 is 10.6 Å². The van der Waals surface area contributed by atoms with Gasteiger partial charge in [0.15, 0.2) is 0 Å². The minimum Gasteiger partial charge on any atom is -0.300 e. The first-order valence-corrected chi connectivity index (χ1v) is 13.6. The van der Waals surface area contributed by atoms with Crippen molar-refractivity contribution in [2.45, 2.75) is 44.4 Å². The number of nitrogens with one attached hydrogen (secondary N) is 2. The first-order chi connectivity index (χ1) is 17.6. The lowest BCUT2D eigenvalue weighted by Gasteiger charge is -2.07. The Morgan fingerprint density at radius 3 is 1.97 bits per heavy atom. The van der Waals surface area contributed by atoms with E-state index in [9.17, 15) is 9.59 Å². The summed E-state index contributed by atoms with van der Waals surface area (Å²) >= 11 is 2.90. The normalized spacial score (nSPS) is 17.1. The lowest BCUT2D eigenvalue weighted by Crippen LogP contribution is -2.14. The number of hydrogen-bond donors (Lipinski definition) is 2. The number of hydrogen-bond acceptors (Lipinski definition) is 8. The summed E-state index contributed by atoms with van der Waals surface area (Å²) in [6.45, 7) is 0. The van der Waals surface area contributed by atoms with E-state index in [1.54, 1.807) is 0 Å². The van der Waals surface area contributed by atoms with Gasteiger partial charge in [0.1, 0.15) is 10.0 Å². The Morgan fingerprint density at radius 2 is 1.33 bits per heavy atom. The van der Waals surface area contributed by atoms with Gasteiger partial charge in [-0.3, -0.25) is 9.59 Å². The second-order valence-corrected chi connectivity index (χ2v) is 11.0. The summed E-state index contributed by atoms with van der Waals surface area (Å²) < 4.78 is 0. The molecule has 1 fully saturated rings. The van der Waals surface area contributed by atoms with Gasteiger partial charge >= 0.3 is 0 Å². The van der Waals surface area contributed by atoms with Crippen molar-refractivity contribution in [3.63, 3.8) is 0 Å². The van der Waals surface area contributed by atoms with Crippen LogP contribution in [0.4, 0.5) is 10.3 Å². The predicted octanol–water partition coefficient (Wildman–Crippen LogP) is 4.88. The smallest absolute Gasteiger partial charge is 0.230 e. The van der Waals surface area contributed by atoms with Crippen LogP contribution < -0.4 is 10.6 Å². The fourth-order valence-electron chi connectivity index (χ4n) is 4.46. The fourth-order valence-corrected chi connectivity index (χ4v) is 6.24. The van der Waals surface area contributed by atoms with Crippen LogP contribution in [0.2, 0.25) is 0 Å². The van der Waals surface area contributed by atoms with E-state index in [2.05, 4.69) is 31.0 Å². The van der Waals surface area contributed by atoms with Crippen LogP contribution in [0, 0.1) is 5.92 Å². The number of aromatic nitrogens is 4. The number of carbonyl (C=O) groups is 2. The Bertz CT molecular complexity index is 1310. The molecule has 2 amide bonds. The lowest BCUT2D eigenvalue weighted by molar-refractivity contribution is -0.116. The molecule has 0 bridgehead atoms. The Labute approximate surface area is 217 Å². The Balaban J connectivity index is 1.09. The summed E-state index contributed by atoms with van der Waals surface area (Å²) in [6.07, 6.45) is 4.59. The molecule has 184 valence electrons. The number of rotatable bonds is 9. The third kappa shape index (κ3) is 6.58. The highest BCUT2D eigenvalue weighted by molar-refractivity contribution is 7.15. The van der Waals surface area contributed by atoms with Gasteiger partial charge in [0.2, 0.25) is 22.1 Å². The standard InChI is InChI=1S/C26H26N6O2S2/c33-21(14-17-7-3-1-4-8-17)27-25-31-29-23(35-25)16-19-11-12-20(13-19)24-30-32-26(36-24)28-22(34)15-18-9-5-2-6-10-18/h1-10,19-20H,11-16H2,(H,27,31,33)(H,28,32,34)/t19?,20-/m0/s1. The molecule has 36 heavy (non-hydrogen) atoms. The molecule has 1 aliphatic carbocycles. The van der Waals surface area contributed by atoms with Gasteiger partial charge in [-0.15, -0.1) is 20.4 Å². The van der Waals surface area contributed by atoms with Crippen molar-refractivity contribution in [2.75, 3.05) is 10.6 Å². The summed E-state index contributed by atoms with van der Waals surface area (Å²) in [6, 6.07) is 19.3. The van der Waals surface area contributed by atoms with Crippen LogP contribution in [-0.2, 0) is 28.9 Å². The minimum atomic E-state index is -0.0900. The zero-order valence-electron chi connectivity index (χ0n) is 19.6. The highest BCUT2D eigenvalue weighted by Crippen LogP contribution is 2.41. The van der Waals surface area contributed by atoms with Crippen molar-refractivity contribution in [3.05, 3.63) is 81.8 Å². The van der Waals surface area contributed by atoms with Crippen molar-refractivity contribution >= 4 is 44.8 Å². The van der Waals surface area contributed by atoms with E-state index < -0.39 is 0 Å². The fraction of sp³-hybridized carbons (Fsp3) is 0.308. The SMILES string of the molecule is O=C(Cc1ccccc1)Nc1nnc(CC2CC[C@H](c3nnc(NC(=O)Cc4ccccc4)s3)C2)s1. The lowest BCUT2D eigenvalue weighted by atomic mass is 10.0. The second-order valence-electron chi connectivity index (χ2n) is 8.95. The Kier molecular flexibility index (Phi) is 7.73. The molecule has 2 aromatic heterocycles. The predicted molar refractivity (Wildman–Crippen MR) is 141 cm³/mol. The molecule has 1 aliphatic rings. The van der Waals surface area contributed by atoms with Crippen LogP contribution in [0.1, 0.15) is 46.3 Å². The molecule has 2 heterocycles. The van der Waals surface area contributed by atoms with E-state index in [4.69, 9.17) is 0 Å². The summed E-state index contributed by atoms with van der Waals surface area (Å²) in [7, 11) is 0. The van der Waals surface area contributed by atoms with Gasteiger partial charge in [0, 0.05) is 12.3 Å². The van der Waals surface area contributed by atoms with Crippen molar-refractivity contribution in [3.8, 4) is 0 Å². The number of nitrogens with zero attached hydrogens (tertiary/aromatic N) is 4. The molecular weight excluding hydrogens is 492 g/mol. The van der Waals surface area contributed by atoms with E-state index >= 15 is 0 Å². The van der Waals surface area contributed by atoms with Crippen LogP contribution in [0.3, 0.4) is 0 Å². The summed E-state index contributed by atoms with van der Waals surface area (Å²) in [5.74, 6) is 0.644. The molecule has 0 saturated heterocycles. The molecule has 0 spiro atoms. The minimum absolute atomic E-state index is 0.0869. The molecule has 0 aliphatic heterocycles. The zero-order chi connectivity index (χ0) is 24.7. The zero-order valence-corrected chi connectivity index (χ0v) is 21.2. The van der Waals surface area contributed by atoms with Crippen LogP contribution >= 0.6 is 22.7 Å². The number of carbonyl (C=O) groups excluding carboxylic acids is 2. The molecule has 4 aromatic rings. The average Bonchev–Trinajstić information content (AvgIpc) is 3.62. The third-order valence-electron chi connectivity index (χ3n) is 6.17. The number of amides is 2. The molecule has 5 rings (SSSR count). The van der Waals surface area contributed by atoms with Gasteiger partial charge in [0.05, 0.1) is 12.8 Å². The average molecular weight is 519 g/mol. The van der Waals surface area contributed by atoms with Crippen molar-refractivity contribution in [1.82, 2.24) is 20.4 Å². The maximum Gasteiger partial charge on any atom is 0.230 e. The van der Waals surface area contributed by atoms with Crippen LogP contribution in [0.5, 0.6) is 0 Å². The van der Waals surface area contributed by atoms with Gasteiger partial charge in [-0.2, -0.15) is 0 Å². The van der Waals surface area contributed by atoms with Crippen LogP contribution in [-0.4, -0.2) is 32.2 Å². The van der Waals surface area contributed by atoms with Gasteiger partial charge in [-0.05, 0) is 36.3 Å². The van der Waals surface area contributed by atoms with Crippen LogP contribution in [0.25, 0.3) is 0 Å². The highest BCUT2D eigenvalue weighted by Gasteiger charge is 2.29. The maximum absolute atomic E-state index is 12.3. The third-order valence-corrected chi connectivity index (χ3v) is 8.03. The van der Waals surface area contributed by atoms with Gasteiger partial charge in [0.25, 0.3) is 0 Å². The van der Waals surface area contributed by atoms with Crippen molar-refractivity contribution in [1.29, 1.82) is 0 Å². The van der Waals surface area contributed by atoms with E-state index in [0.29, 0.717) is 34.9 Å². The molecular formula is C26H26N6O2S2. The van der Waals surface area contributed by atoms with Crippen molar-refractivity contribution in [2.24, 2.45) is 5.92 Å². The summed E-state index contributed by atoms with van der Waals surface area (Å²) in [4.78, 5) is 24.6. The molecule has 2 aromatic carbocycles. The first kappa shape index (κ1) is 24.2. The quantitative estimate of drug-likeness (QED) is 0.327. The van der Waals surface area contributed by atoms with Gasteiger partial charge in [-0.25, -0.2) is 0 Å². The summed E-state index contributed by atoms with van der Waals surface area (Å²) in [5, 5.41) is 25.7. The second kappa shape index (κ2) is 11.5. The van der Waals surface area contributed by atoms with Gasteiger partial charge in [-0.1, -0.05) is 83.3 Å². The number of benzene rings is 2. The molecule has 2 atom stereocenters. The molecule has 8 nitrogen and oxygen atoms in total.